The van der Waals surface area contributed by atoms with E-state index in [1.165, 1.54) is 15.4 Å². The third-order valence-electron chi connectivity index (χ3n) is 7.07. The summed E-state index contributed by atoms with van der Waals surface area (Å²) in [4.78, 5) is 52.6. The fourth-order valence-electron chi connectivity index (χ4n) is 5.09. The number of amides is 2. The highest BCUT2D eigenvalue weighted by atomic mass is 16.2. The van der Waals surface area contributed by atoms with Crippen molar-refractivity contribution < 1.29 is 9.59 Å². The van der Waals surface area contributed by atoms with Crippen molar-refractivity contribution in [3.63, 3.8) is 0 Å². The first-order valence-corrected chi connectivity index (χ1v) is 13.1. The van der Waals surface area contributed by atoms with Gasteiger partial charge in [0.05, 0.1) is 10.9 Å². The van der Waals surface area contributed by atoms with Gasteiger partial charge in [0.2, 0.25) is 11.7 Å². The molecule has 5 rings (SSSR count). The monoisotopic (exact) mass is 516 g/mol. The Bertz CT molecular complexity index is 1610. The van der Waals surface area contributed by atoms with Crippen LogP contribution in [0.25, 0.3) is 16.7 Å². The third kappa shape index (κ3) is 4.98. The van der Waals surface area contributed by atoms with Gasteiger partial charge in [-0.15, -0.1) is 5.10 Å². The van der Waals surface area contributed by atoms with Crippen LogP contribution in [0.15, 0.2) is 58.1 Å². The van der Waals surface area contributed by atoms with Crippen molar-refractivity contribution in [1.82, 2.24) is 29.4 Å². The molecule has 1 saturated carbocycles. The molecular formula is C28H32N6O4. The maximum absolute atomic E-state index is 13.5. The molecule has 2 amide bonds. The van der Waals surface area contributed by atoms with E-state index in [-0.39, 0.29) is 41.8 Å². The van der Waals surface area contributed by atoms with Gasteiger partial charge >= 0.3 is 5.69 Å². The Morgan fingerprint density at radius 2 is 1.76 bits per heavy atom. The molecule has 0 aliphatic heterocycles. The van der Waals surface area contributed by atoms with Gasteiger partial charge in [-0.05, 0) is 50.5 Å². The topological polar surface area (TPSA) is 120 Å². The van der Waals surface area contributed by atoms with E-state index in [0.717, 1.165) is 35.9 Å². The molecule has 1 aliphatic carbocycles. The van der Waals surface area contributed by atoms with E-state index in [2.05, 4.69) is 15.7 Å². The molecule has 0 spiro atoms. The van der Waals surface area contributed by atoms with E-state index >= 15 is 0 Å². The van der Waals surface area contributed by atoms with Gasteiger partial charge < -0.3 is 10.6 Å². The average Bonchev–Trinajstić information content (AvgIpc) is 3.23. The second-order valence-electron chi connectivity index (χ2n) is 10.1. The lowest BCUT2D eigenvalue weighted by Gasteiger charge is -2.22. The van der Waals surface area contributed by atoms with E-state index < -0.39 is 5.69 Å². The Morgan fingerprint density at radius 3 is 2.47 bits per heavy atom. The minimum atomic E-state index is -0.556. The Hall–Kier alpha value is -4.21. The zero-order chi connectivity index (χ0) is 26.8. The van der Waals surface area contributed by atoms with Gasteiger partial charge in [-0.25, -0.2) is 13.9 Å². The van der Waals surface area contributed by atoms with Crippen molar-refractivity contribution in [2.75, 3.05) is 0 Å². The highest BCUT2D eigenvalue weighted by Gasteiger charge is 2.22. The molecular weight excluding hydrogens is 484 g/mol. The molecule has 1 aliphatic rings. The van der Waals surface area contributed by atoms with Crippen molar-refractivity contribution in [2.24, 2.45) is 0 Å². The predicted molar refractivity (Wildman–Crippen MR) is 144 cm³/mol. The molecule has 0 saturated heterocycles. The van der Waals surface area contributed by atoms with E-state index in [4.69, 9.17) is 0 Å². The summed E-state index contributed by atoms with van der Waals surface area (Å²) in [5.74, 6) is -0.487. The number of nitrogens with zero attached hydrogens (tertiary/aromatic N) is 4. The largest absolute Gasteiger partial charge is 0.352 e. The van der Waals surface area contributed by atoms with Crippen molar-refractivity contribution in [3.05, 3.63) is 80.5 Å². The summed E-state index contributed by atoms with van der Waals surface area (Å²) in [6.45, 7) is 3.68. The molecule has 4 aromatic rings. The standard InChI is InChI=1S/C28H32N6O4/c1-18(2)33-26(37)22-14-13-20(25(36)30-21-11-7-4-8-12-21)15-23(22)34-27(33)31-32(28(34)38)17-24(35)29-16-19-9-5-3-6-10-19/h3,5-6,9-10,13-15,18,21H,4,7-8,11-12,16-17H2,1-2H3,(H,29,35)(H,30,36). The highest BCUT2D eigenvalue weighted by Crippen LogP contribution is 2.20. The van der Waals surface area contributed by atoms with Gasteiger partial charge in [0.25, 0.3) is 11.5 Å². The smallest absolute Gasteiger partial charge is 0.350 e. The Kier molecular flexibility index (Phi) is 7.13. The molecule has 1 fully saturated rings. The maximum atomic E-state index is 13.5. The molecule has 10 nitrogen and oxygen atoms in total. The van der Waals surface area contributed by atoms with Crippen LogP contribution in [0.5, 0.6) is 0 Å². The zero-order valence-electron chi connectivity index (χ0n) is 21.6. The number of rotatable bonds is 7. The van der Waals surface area contributed by atoms with Crippen LogP contribution in [0.2, 0.25) is 0 Å². The fraction of sp³-hybridized carbons (Fsp3) is 0.393. The summed E-state index contributed by atoms with van der Waals surface area (Å²) in [7, 11) is 0. The predicted octanol–water partition coefficient (Wildman–Crippen LogP) is 2.77. The third-order valence-corrected chi connectivity index (χ3v) is 7.07. The van der Waals surface area contributed by atoms with Crippen LogP contribution in [0.1, 0.15) is 67.9 Å². The molecule has 2 aromatic carbocycles. The van der Waals surface area contributed by atoms with Crippen LogP contribution in [0.3, 0.4) is 0 Å². The normalized spacial score (nSPS) is 14.3. The summed E-state index contributed by atoms with van der Waals surface area (Å²) in [6, 6.07) is 14.1. The lowest BCUT2D eigenvalue weighted by Crippen LogP contribution is -2.36. The van der Waals surface area contributed by atoms with Crippen LogP contribution in [0, 0.1) is 0 Å². The minimum Gasteiger partial charge on any atom is -0.350 e. The quantitative estimate of drug-likeness (QED) is 0.392. The Morgan fingerprint density at radius 1 is 1.03 bits per heavy atom. The first kappa shape index (κ1) is 25.4. The number of carbonyl (C=O) groups is 2. The molecule has 38 heavy (non-hydrogen) atoms. The number of hydrogen-bond donors (Lipinski definition) is 2. The first-order chi connectivity index (χ1) is 18.3. The molecule has 2 N–H and O–H groups in total. The average molecular weight is 517 g/mol. The first-order valence-electron chi connectivity index (χ1n) is 13.1. The van der Waals surface area contributed by atoms with Crippen LogP contribution in [0.4, 0.5) is 0 Å². The minimum absolute atomic E-state index is 0.126. The second-order valence-corrected chi connectivity index (χ2v) is 10.1. The zero-order valence-corrected chi connectivity index (χ0v) is 21.6. The highest BCUT2D eigenvalue weighted by molar-refractivity contribution is 5.98. The van der Waals surface area contributed by atoms with Crippen LogP contribution in [-0.4, -0.2) is 36.6 Å². The molecule has 0 atom stereocenters. The molecule has 10 heteroatoms. The number of fused-ring (bicyclic) bond motifs is 3. The van der Waals surface area contributed by atoms with Crippen molar-refractivity contribution in [3.8, 4) is 0 Å². The summed E-state index contributed by atoms with van der Waals surface area (Å²) in [5, 5.41) is 10.6. The molecule has 198 valence electrons. The lowest BCUT2D eigenvalue weighted by molar-refractivity contribution is -0.122. The Balaban J connectivity index is 1.52. The van der Waals surface area contributed by atoms with Gasteiger partial charge in [0.1, 0.15) is 6.54 Å². The maximum Gasteiger partial charge on any atom is 0.352 e. The molecule has 2 heterocycles. The summed E-state index contributed by atoms with van der Waals surface area (Å²) < 4.78 is 3.81. The number of hydrogen-bond acceptors (Lipinski definition) is 5. The number of aromatic nitrogens is 4. The van der Waals surface area contributed by atoms with E-state index in [1.54, 1.807) is 18.2 Å². The summed E-state index contributed by atoms with van der Waals surface area (Å²) >= 11 is 0. The molecule has 0 unspecified atom stereocenters. The summed E-state index contributed by atoms with van der Waals surface area (Å²) in [6.07, 6.45) is 5.25. The van der Waals surface area contributed by atoms with Gasteiger partial charge in [-0.3, -0.25) is 19.0 Å². The summed E-state index contributed by atoms with van der Waals surface area (Å²) in [5.41, 5.74) is 0.721. The van der Waals surface area contributed by atoms with Crippen molar-refractivity contribution in [1.29, 1.82) is 0 Å². The van der Waals surface area contributed by atoms with Crippen molar-refractivity contribution in [2.45, 2.75) is 71.1 Å². The number of carbonyl (C=O) groups excluding carboxylic acids is 2. The molecule has 2 aromatic heterocycles. The fourth-order valence-corrected chi connectivity index (χ4v) is 5.09. The van der Waals surface area contributed by atoms with Gasteiger partial charge in [0, 0.05) is 24.2 Å². The Labute approximate surface area is 219 Å². The van der Waals surface area contributed by atoms with Gasteiger partial charge in [-0.1, -0.05) is 49.6 Å². The van der Waals surface area contributed by atoms with E-state index in [1.807, 2.05) is 44.2 Å². The number of benzene rings is 2. The van der Waals surface area contributed by atoms with E-state index in [9.17, 15) is 19.2 Å². The van der Waals surface area contributed by atoms with Crippen LogP contribution < -0.4 is 21.9 Å². The van der Waals surface area contributed by atoms with Crippen LogP contribution in [-0.2, 0) is 17.9 Å². The molecule has 0 bridgehead atoms. The van der Waals surface area contributed by atoms with Gasteiger partial charge in [0.15, 0.2) is 0 Å². The van der Waals surface area contributed by atoms with Gasteiger partial charge in [-0.2, -0.15) is 0 Å². The SMILES string of the molecule is CC(C)n1c(=O)c2ccc(C(=O)NC3CCCCC3)cc2n2c(=O)n(CC(=O)NCc3ccccc3)nc12. The van der Waals surface area contributed by atoms with Crippen LogP contribution >= 0.6 is 0 Å². The second kappa shape index (κ2) is 10.6. The lowest BCUT2D eigenvalue weighted by atomic mass is 9.95. The number of nitrogens with one attached hydrogen (secondary N) is 2. The molecule has 0 radical (unpaired) electrons. The van der Waals surface area contributed by atoms with E-state index in [0.29, 0.717) is 23.0 Å². The van der Waals surface area contributed by atoms with Crippen molar-refractivity contribution >= 4 is 28.5 Å².